The van der Waals surface area contributed by atoms with Crippen LogP contribution in [0.4, 0.5) is 10.5 Å². The fourth-order valence-corrected chi connectivity index (χ4v) is 3.00. The lowest BCUT2D eigenvalue weighted by Gasteiger charge is -2.24. The second-order valence-corrected chi connectivity index (χ2v) is 9.86. The maximum atomic E-state index is 12.5. The lowest BCUT2D eigenvalue weighted by atomic mass is 10.1. The number of nitrogens with zero attached hydrogens (tertiary/aromatic N) is 1. The minimum absolute atomic E-state index is 0.0206. The zero-order valence-corrected chi connectivity index (χ0v) is 19.5. The summed E-state index contributed by atoms with van der Waals surface area (Å²) < 4.78 is 15.7. The average molecular weight is 453 g/mol. The summed E-state index contributed by atoms with van der Waals surface area (Å²) in [4.78, 5) is 49.2. The summed E-state index contributed by atoms with van der Waals surface area (Å²) in [5.41, 5.74) is -2.28. The SMILES string of the molecule is CC(C)(C)OC(=O)CC[C@H]([Si]NC(=O)Oc1ccc([N+](=O)[O-])cc1)C(=O)OC(C)(C)C. The van der Waals surface area contributed by atoms with E-state index in [-0.39, 0.29) is 24.3 Å². The molecule has 0 heterocycles. The normalized spacial score (nSPS) is 12.5. The quantitative estimate of drug-likeness (QED) is 0.274. The number of esters is 2. The number of rotatable bonds is 8. The molecule has 0 saturated carbocycles. The molecule has 0 aliphatic rings. The number of hydrogen-bond acceptors (Lipinski definition) is 8. The van der Waals surface area contributed by atoms with Crippen molar-refractivity contribution >= 4 is 33.4 Å². The summed E-state index contributed by atoms with van der Waals surface area (Å²) >= 11 is 0. The molecule has 0 aliphatic heterocycles. The third-order valence-electron chi connectivity index (χ3n) is 3.36. The second kappa shape index (κ2) is 10.9. The van der Waals surface area contributed by atoms with Crippen LogP contribution in [-0.4, -0.2) is 43.8 Å². The van der Waals surface area contributed by atoms with Gasteiger partial charge in [-0.05, 0) is 60.1 Å². The van der Waals surface area contributed by atoms with E-state index in [9.17, 15) is 24.5 Å². The van der Waals surface area contributed by atoms with Crippen LogP contribution in [0.25, 0.3) is 0 Å². The Kier molecular flexibility index (Phi) is 9.16. The van der Waals surface area contributed by atoms with Crippen molar-refractivity contribution in [2.24, 2.45) is 0 Å². The maximum absolute atomic E-state index is 12.5. The third kappa shape index (κ3) is 11.1. The molecule has 0 aromatic heterocycles. The van der Waals surface area contributed by atoms with Crippen molar-refractivity contribution in [3.05, 3.63) is 34.4 Å². The summed E-state index contributed by atoms with van der Waals surface area (Å²) in [6.07, 6.45) is -0.731. The second-order valence-electron chi connectivity index (χ2n) is 8.62. The third-order valence-corrected chi connectivity index (χ3v) is 4.58. The van der Waals surface area contributed by atoms with E-state index in [4.69, 9.17) is 14.2 Å². The first-order valence-corrected chi connectivity index (χ1v) is 10.7. The number of carbonyl (C=O) groups excluding carboxylic acids is 3. The molecule has 31 heavy (non-hydrogen) atoms. The summed E-state index contributed by atoms with van der Waals surface area (Å²) in [5, 5.41) is 10.7. The first-order chi connectivity index (χ1) is 14.2. The molecule has 11 heteroatoms. The van der Waals surface area contributed by atoms with E-state index in [2.05, 4.69) is 4.98 Å². The van der Waals surface area contributed by atoms with Crippen LogP contribution < -0.4 is 9.72 Å². The molecular weight excluding hydrogens is 424 g/mol. The van der Waals surface area contributed by atoms with Gasteiger partial charge in [0.05, 0.1) is 10.5 Å². The molecule has 1 amide bonds. The monoisotopic (exact) mass is 452 g/mol. The van der Waals surface area contributed by atoms with Crippen LogP contribution in [0.15, 0.2) is 24.3 Å². The zero-order valence-electron chi connectivity index (χ0n) is 18.5. The standard InChI is InChI=1S/C20H28N2O8Si/c1-19(2,3)29-16(23)12-11-15(17(24)30-20(4,5)6)31-21-18(25)28-14-9-7-13(8-10-14)22(26)27/h7-10,15H,11-12H2,1-6H3,(H,21,25)/t15-/m0/s1. The predicted octanol–water partition coefficient (Wildman–Crippen LogP) is 3.55. The molecule has 1 N–H and O–H groups in total. The van der Waals surface area contributed by atoms with Crippen molar-refractivity contribution in [2.75, 3.05) is 0 Å². The van der Waals surface area contributed by atoms with Crippen LogP contribution in [0.3, 0.4) is 0 Å². The van der Waals surface area contributed by atoms with Gasteiger partial charge in [0.2, 0.25) is 9.68 Å². The Morgan fingerprint density at radius 2 is 1.58 bits per heavy atom. The highest BCUT2D eigenvalue weighted by Crippen LogP contribution is 2.21. The van der Waals surface area contributed by atoms with E-state index in [1.165, 1.54) is 24.3 Å². The van der Waals surface area contributed by atoms with Crippen molar-refractivity contribution in [3.63, 3.8) is 0 Å². The Morgan fingerprint density at radius 1 is 1.03 bits per heavy atom. The number of amides is 1. The van der Waals surface area contributed by atoms with Crippen molar-refractivity contribution in [3.8, 4) is 5.75 Å². The Morgan fingerprint density at radius 3 is 2.06 bits per heavy atom. The number of benzene rings is 1. The van der Waals surface area contributed by atoms with Gasteiger partial charge in [-0.2, -0.15) is 0 Å². The number of non-ortho nitro benzene ring substituents is 1. The molecule has 1 rings (SSSR count). The van der Waals surface area contributed by atoms with Crippen LogP contribution >= 0.6 is 0 Å². The number of nitro benzene ring substituents is 1. The zero-order chi connectivity index (χ0) is 23.8. The van der Waals surface area contributed by atoms with Gasteiger partial charge >= 0.3 is 18.0 Å². The molecule has 0 saturated heterocycles. The Hall–Kier alpha value is -2.95. The van der Waals surface area contributed by atoms with Gasteiger partial charge < -0.3 is 19.2 Å². The average Bonchev–Trinajstić information content (AvgIpc) is 2.59. The van der Waals surface area contributed by atoms with Gasteiger partial charge in [-0.15, -0.1) is 0 Å². The van der Waals surface area contributed by atoms with Crippen LogP contribution in [0, 0.1) is 10.1 Å². The number of ether oxygens (including phenoxy) is 3. The Bertz CT molecular complexity index is 797. The van der Waals surface area contributed by atoms with Gasteiger partial charge in [0.15, 0.2) is 0 Å². The number of nitro groups is 1. The fraction of sp³-hybridized carbons (Fsp3) is 0.550. The number of nitrogens with one attached hydrogen (secondary N) is 1. The molecule has 0 spiro atoms. The van der Waals surface area contributed by atoms with E-state index in [1.54, 1.807) is 41.5 Å². The van der Waals surface area contributed by atoms with E-state index in [0.717, 1.165) is 0 Å². The molecule has 10 nitrogen and oxygen atoms in total. The molecule has 1 aromatic rings. The van der Waals surface area contributed by atoms with Crippen LogP contribution in [-0.2, 0) is 19.1 Å². The number of hydrogen-bond donors (Lipinski definition) is 1. The van der Waals surface area contributed by atoms with Gasteiger partial charge in [0, 0.05) is 18.6 Å². The van der Waals surface area contributed by atoms with Crippen LogP contribution in [0.2, 0.25) is 5.54 Å². The minimum Gasteiger partial charge on any atom is -0.460 e. The van der Waals surface area contributed by atoms with E-state index < -0.39 is 49.4 Å². The van der Waals surface area contributed by atoms with Crippen LogP contribution in [0.5, 0.6) is 5.75 Å². The summed E-state index contributed by atoms with van der Waals surface area (Å²) in [7, 11) is -0.412. The molecule has 170 valence electrons. The first-order valence-electron chi connectivity index (χ1n) is 9.59. The Labute approximate surface area is 183 Å². The molecule has 0 bridgehead atoms. The molecule has 2 radical (unpaired) electrons. The van der Waals surface area contributed by atoms with Gasteiger partial charge in [0.1, 0.15) is 17.0 Å². The molecule has 0 fully saturated rings. The largest absolute Gasteiger partial charge is 0.460 e. The van der Waals surface area contributed by atoms with E-state index >= 15 is 0 Å². The number of carbonyl (C=O) groups is 3. The Balaban J connectivity index is 2.70. The van der Waals surface area contributed by atoms with Crippen molar-refractivity contribution in [1.29, 1.82) is 0 Å². The predicted molar refractivity (Wildman–Crippen MR) is 113 cm³/mol. The first kappa shape index (κ1) is 26.1. The highest BCUT2D eigenvalue weighted by Gasteiger charge is 2.28. The lowest BCUT2D eigenvalue weighted by molar-refractivity contribution is -0.384. The van der Waals surface area contributed by atoms with Gasteiger partial charge in [-0.25, -0.2) is 4.79 Å². The highest BCUT2D eigenvalue weighted by atomic mass is 28.2. The van der Waals surface area contributed by atoms with E-state index in [0.29, 0.717) is 0 Å². The molecular formula is C20H28N2O8Si. The lowest BCUT2D eigenvalue weighted by Crippen LogP contribution is -2.38. The van der Waals surface area contributed by atoms with Gasteiger partial charge in [0.25, 0.3) is 5.69 Å². The summed E-state index contributed by atoms with van der Waals surface area (Å²) in [6.45, 7) is 10.4. The summed E-state index contributed by atoms with van der Waals surface area (Å²) in [6, 6.07) is 4.98. The van der Waals surface area contributed by atoms with Crippen molar-refractivity contribution in [2.45, 2.75) is 71.1 Å². The molecule has 0 unspecified atom stereocenters. The summed E-state index contributed by atoms with van der Waals surface area (Å²) in [5.74, 6) is -0.903. The molecule has 1 atom stereocenters. The highest BCUT2D eigenvalue weighted by molar-refractivity contribution is 6.44. The van der Waals surface area contributed by atoms with Crippen molar-refractivity contribution in [1.82, 2.24) is 4.98 Å². The smallest absolute Gasteiger partial charge is 0.404 e. The van der Waals surface area contributed by atoms with E-state index in [1.807, 2.05) is 0 Å². The van der Waals surface area contributed by atoms with Crippen LogP contribution in [0.1, 0.15) is 54.4 Å². The maximum Gasteiger partial charge on any atom is 0.404 e. The minimum atomic E-state index is -0.835. The molecule has 0 aliphatic carbocycles. The van der Waals surface area contributed by atoms with Gasteiger partial charge in [-0.1, -0.05) is 0 Å². The van der Waals surface area contributed by atoms with Gasteiger partial charge in [-0.3, -0.25) is 19.7 Å². The molecule has 1 aromatic carbocycles. The van der Waals surface area contributed by atoms with Crippen molar-refractivity contribution < 1.29 is 33.5 Å². The topological polar surface area (TPSA) is 134 Å². The fourth-order valence-electron chi connectivity index (χ4n) is 2.19.